The lowest BCUT2D eigenvalue weighted by atomic mass is 10.0. The summed E-state index contributed by atoms with van der Waals surface area (Å²) in [6, 6.07) is 0. The SMILES string of the molecule is CCCCCCCC/C=C\CCCCCCCCCCCC(=O)OCC(COC(=O)CCCCCCCCCCCCCCCC)OC(=O)CCCCCCCCCCCCCCCC. The first-order chi connectivity index (χ1) is 32.0. The fraction of sp³-hybridized carbons (Fsp3) is 0.915. The van der Waals surface area contributed by atoms with Gasteiger partial charge in [-0.2, -0.15) is 0 Å². The maximum atomic E-state index is 12.8. The van der Waals surface area contributed by atoms with Gasteiger partial charge in [0.1, 0.15) is 13.2 Å². The van der Waals surface area contributed by atoms with Crippen LogP contribution in [-0.2, 0) is 28.6 Å². The van der Waals surface area contributed by atoms with Crippen LogP contribution in [0.5, 0.6) is 0 Å². The van der Waals surface area contributed by atoms with Crippen molar-refractivity contribution in [3.05, 3.63) is 12.2 Å². The van der Waals surface area contributed by atoms with Gasteiger partial charge in [0.05, 0.1) is 0 Å². The molecule has 1 unspecified atom stereocenters. The van der Waals surface area contributed by atoms with Gasteiger partial charge in [-0.3, -0.25) is 14.4 Å². The maximum Gasteiger partial charge on any atom is 0.306 e. The van der Waals surface area contributed by atoms with Gasteiger partial charge in [-0.15, -0.1) is 0 Å². The third-order valence-corrected chi connectivity index (χ3v) is 13.3. The van der Waals surface area contributed by atoms with Gasteiger partial charge >= 0.3 is 17.9 Å². The summed E-state index contributed by atoms with van der Waals surface area (Å²) in [5, 5.41) is 0. The Morgan fingerprint density at radius 3 is 0.769 bits per heavy atom. The zero-order valence-corrected chi connectivity index (χ0v) is 44.0. The zero-order valence-electron chi connectivity index (χ0n) is 44.0. The molecule has 0 saturated carbocycles. The second-order valence-electron chi connectivity index (χ2n) is 19.9. The molecule has 0 aliphatic rings. The first kappa shape index (κ1) is 63.1. The molecule has 6 nitrogen and oxygen atoms in total. The van der Waals surface area contributed by atoms with E-state index >= 15 is 0 Å². The second-order valence-corrected chi connectivity index (χ2v) is 19.9. The van der Waals surface area contributed by atoms with Crippen molar-refractivity contribution in [2.75, 3.05) is 13.2 Å². The Morgan fingerprint density at radius 1 is 0.292 bits per heavy atom. The molecule has 0 heterocycles. The van der Waals surface area contributed by atoms with Crippen LogP contribution in [0, 0.1) is 0 Å². The third kappa shape index (κ3) is 53.0. The number of unbranched alkanes of at least 4 members (excludes halogenated alkanes) is 41. The fourth-order valence-corrected chi connectivity index (χ4v) is 8.85. The number of hydrogen-bond donors (Lipinski definition) is 0. The predicted octanol–water partition coefficient (Wildman–Crippen LogP) is 19.3. The highest BCUT2D eigenvalue weighted by atomic mass is 16.6. The number of carbonyl (C=O) groups is 3. The van der Waals surface area contributed by atoms with Gasteiger partial charge in [0.25, 0.3) is 0 Å². The van der Waals surface area contributed by atoms with E-state index in [9.17, 15) is 14.4 Å². The summed E-state index contributed by atoms with van der Waals surface area (Å²) in [7, 11) is 0. The standard InChI is InChI=1S/C59H112O6/c1-4-7-10-13-16-19-22-25-28-29-30-31-32-35-37-40-43-46-49-52-58(61)64-55-56(65-59(62)53-50-47-44-41-38-34-27-24-21-18-15-12-9-6-3)54-63-57(60)51-48-45-42-39-36-33-26-23-20-17-14-11-8-5-2/h25,28,56H,4-24,26-27,29-55H2,1-3H3/b28-25-. The maximum absolute atomic E-state index is 12.8. The highest BCUT2D eigenvalue weighted by molar-refractivity contribution is 5.71. The molecule has 0 bridgehead atoms. The molecule has 0 aliphatic carbocycles. The number of carbonyl (C=O) groups excluding carboxylic acids is 3. The van der Waals surface area contributed by atoms with Crippen LogP contribution in [0.3, 0.4) is 0 Å². The Bertz CT molecular complexity index is 1010. The summed E-state index contributed by atoms with van der Waals surface area (Å²) in [5.74, 6) is -0.842. The number of esters is 3. The van der Waals surface area contributed by atoms with E-state index in [0.717, 1.165) is 57.8 Å². The second kappa shape index (κ2) is 54.8. The van der Waals surface area contributed by atoms with E-state index in [0.29, 0.717) is 19.3 Å². The lowest BCUT2D eigenvalue weighted by molar-refractivity contribution is -0.167. The van der Waals surface area contributed by atoms with Crippen LogP contribution < -0.4 is 0 Å². The summed E-state index contributed by atoms with van der Waals surface area (Å²) < 4.78 is 16.9. The smallest absolute Gasteiger partial charge is 0.306 e. The van der Waals surface area contributed by atoms with Crippen LogP contribution >= 0.6 is 0 Å². The monoisotopic (exact) mass is 917 g/mol. The summed E-state index contributed by atoms with van der Waals surface area (Å²) in [4.78, 5) is 38.1. The summed E-state index contributed by atoms with van der Waals surface area (Å²) >= 11 is 0. The van der Waals surface area contributed by atoms with Crippen molar-refractivity contribution in [3.8, 4) is 0 Å². The normalized spacial score (nSPS) is 12.0. The average Bonchev–Trinajstić information content (AvgIpc) is 3.30. The van der Waals surface area contributed by atoms with Crippen LogP contribution in [-0.4, -0.2) is 37.2 Å². The molecule has 0 aliphatic heterocycles. The van der Waals surface area contributed by atoms with Crippen molar-refractivity contribution < 1.29 is 28.6 Å². The molecule has 6 heteroatoms. The Labute approximate surface area is 405 Å². The number of ether oxygens (including phenoxy) is 3. The van der Waals surface area contributed by atoms with Crippen molar-refractivity contribution in [2.24, 2.45) is 0 Å². The van der Waals surface area contributed by atoms with Crippen LogP contribution in [0.2, 0.25) is 0 Å². The Hall–Kier alpha value is -1.85. The number of hydrogen-bond acceptors (Lipinski definition) is 6. The van der Waals surface area contributed by atoms with E-state index in [2.05, 4.69) is 32.9 Å². The van der Waals surface area contributed by atoms with E-state index in [1.54, 1.807) is 0 Å². The molecule has 0 fully saturated rings. The summed E-state index contributed by atoms with van der Waals surface area (Å²) in [6.07, 6.45) is 62.0. The van der Waals surface area contributed by atoms with Gasteiger partial charge in [0, 0.05) is 19.3 Å². The molecule has 0 aromatic rings. The largest absolute Gasteiger partial charge is 0.462 e. The highest BCUT2D eigenvalue weighted by Gasteiger charge is 2.19. The van der Waals surface area contributed by atoms with Crippen LogP contribution in [0.4, 0.5) is 0 Å². The first-order valence-electron chi connectivity index (χ1n) is 29.2. The van der Waals surface area contributed by atoms with Crippen molar-refractivity contribution >= 4 is 17.9 Å². The van der Waals surface area contributed by atoms with Crippen LogP contribution in [0.15, 0.2) is 12.2 Å². The molecule has 0 aromatic heterocycles. The van der Waals surface area contributed by atoms with Gasteiger partial charge < -0.3 is 14.2 Å². The number of rotatable bonds is 54. The molecular weight excluding hydrogens is 805 g/mol. The quantitative estimate of drug-likeness (QED) is 0.0262. The van der Waals surface area contributed by atoms with Gasteiger partial charge in [-0.1, -0.05) is 277 Å². The molecule has 0 amide bonds. The minimum Gasteiger partial charge on any atom is -0.462 e. The highest BCUT2D eigenvalue weighted by Crippen LogP contribution is 2.17. The number of allylic oxidation sites excluding steroid dienone is 2. The molecule has 0 spiro atoms. The van der Waals surface area contributed by atoms with E-state index < -0.39 is 6.10 Å². The van der Waals surface area contributed by atoms with Crippen molar-refractivity contribution in [3.63, 3.8) is 0 Å². The minimum atomic E-state index is -0.764. The molecule has 65 heavy (non-hydrogen) atoms. The molecule has 0 N–H and O–H groups in total. The van der Waals surface area contributed by atoms with Gasteiger partial charge in [0.15, 0.2) is 6.10 Å². The zero-order chi connectivity index (χ0) is 47.2. The van der Waals surface area contributed by atoms with Gasteiger partial charge in [-0.25, -0.2) is 0 Å². The minimum absolute atomic E-state index is 0.0643. The van der Waals surface area contributed by atoms with Crippen molar-refractivity contribution in [2.45, 2.75) is 335 Å². The molecule has 384 valence electrons. The van der Waals surface area contributed by atoms with Crippen LogP contribution in [0.1, 0.15) is 329 Å². The Balaban J connectivity index is 4.29. The molecule has 0 radical (unpaired) electrons. The van der Waals surface area contributed by atoms with Crippen molar-refractivity contribution in [1.82, 2.24) is 0 Å². The summed E-state index contributed by atoms with van der Waals surface area (Å²) in [6.45, 7) is 6.69. The van der Waals surface area contributed by atoms with Crippen LogP contribution in [0.25, 0.3) is 0 Å². The fourth-order valence-electron chi connectivity index (χ4n) is 8.85. The first-order valence-corrected chi connectivity index (χ1v) is 29.2. The van der Waals surface area contributed by atoms with E-state index in [1.165, 1.54) is 231 Å². The molecule has 0 saturated heterocycles. The third-order valence-electron chi connectivity index (χ3n) is 13.3. The molecule has 1 atom stereocenters. The van der Waals surface area contributed by atoms with E-state index in [1.807, 2.05) is 0 Å². The summed E-state index contributed by atoms with van der Waals surface area (Å²) in [5.41, 5.74) is 0. The van der Waals surface area contributed by atoms with Crippen molar-refractivity contribution in [1.29, 1.82) is 0 Å². The predicted molar refractivity (Wildman–Crippen MR) is 280 cm³/mol. The Morgan fingerprint density at radius 2 is 0.508 bits per heavy atom. The molecule has 0 rings (SSSR count). The van der Waals surface area contributed by atoms with E-state index in [4.69, 9.17) is 14.2 Å². The lowest BCUT2D eigenvalue weighted by Crippen LogP contribution is -2.30. The van der Waals surface area contributed by atoms with Gasteiger partial charge in [-0.05, 0) is 44.9 Å². The molecule has 0 aromatic carbocycles. The van der Waals surface area contributed by atoms with Gasteiger partial charge in [0.2, 0.25) is 0 Å². The Kier molecular flexibility index (Phi) is 53.2. The molecular formula is C59H112O6. The average molecular weight is 918 g/mol. The lowest BCUT2D eigenvalue weighted by Gasteiger charge is -2.18. The van der Waals surface area contributed by atoms with E-state index in [-0.39, 0.29) is 31.1 Å². The topological polar surface area (TPSA) is 78.9 Å².